The fourth-order valence-electron chi connectivity index (χ4n) is 3.14. The number of hydrogen-bond donors (Lipinski definition) is 1. The molecule has 2 aromatic carbocycles. The van der Waals surface area contributed by atoms with Crippen molar-refractivity contribution in [2.75, 3.05) is 18.4 Å². The van der Waals surface area contributed by atoms with Gasteiger partial charge >= 0.3 is 6.18 Å². The first-order valence-electron chi connectivity index (χ1n) is 8.77. The van der Waals surface area contributed by atoms with Crippen molar-refractivity contribution in [3.63, 3.8) is 0 Å². The second kappa shape index (κ2) is 8.00. The van der Waals surface area contributed by atoms with Crippen LogP contribution in [0.25, 0.3) is 0 Å². The maximum Gasteiger partial charge on any atom is 0.416 e. The molecule has 0 aliphatic carbocycles. The zero-order chi connectivity index (χ0) is 20.3. The maximum absolute atomic E-state index is 13.8. The van der Waals surface area contributed by atoms with Crippen LogP contribution >= 0.6 is 0 Å². The lowest BCUT2D eigenvalue weighted by Gasteiger charge is -2.31. The van der Waals surface area contributed by atoms with Crippen LogP contribution in [0.3, 0.4) is 0 Å². The Kier molecular flexibility index (Phi) is 5.67. The number of nitrogens with one attached hydrogen (secondary N) is 1. The largest absolute Gasteiger partial charge is 0.416 e. The molecule has 3 rings (SSSR count). The Hall–Kier alpha value is -2.90. The van der Waals surface area contributed by atoms with Gasteiger partial charge in [0.05, 0.1) is 11.1 Å². The third kappa shape index (κ3) is 4.49. The number of carbonyl (C=O) groups excluding carboxylic acids is 2. The minimum Gasteiger partial charge on any atom is -0.339 e. The fourth-order valence-corrected chi connectivity index (χ4v) is 3.14. The van der Waals surface area contributed by atoms with Crippen LogP contribution in [0.4, 0.5) is 23.2 Å². The number of hydrogen-bond acceptors (Lipinski definition) is 2. The molecule has 148 valence electrons. The average Bonchev–Trinajstić information content (AvgIpc) is 2.67. The van der Waals surface area contributed by atoms with Crippen molar-refractivity contribution in [3.05, 3.63) is 65.5 Å². The van der Waals surface area contributed by atoms with Crippen LogP contribution in [-0.2, 0) is 11.0 Å². The molecule has 0 radical (unpaired) electrons. The highest BCUT2D eigenvalue weighted by Gasteiger charge is 2.31. The normalized spacial score (nSPS) is 15.4. The Morgan fingerprint density at radius 1 is 0.964 bits per heavy atom. The van der Waals surface area contributed by atoms with Gasteiger partial charge in [-0.05, 0) is 49.2 Å². The first kappa shape index (κ1) is 19.9. The molecule has 28 heavy (non-hydrogen) atoms. The van der Waals surface area contributed by atoms with E-state index >= 15 is 0 Å². The molecule has 0 spiro atoms. The molecule has 0 bridgehead atoms. The third-order valence-electron chi connectivity index (χ3n) is 4.74. The molecular weight excluding hydrogens is 376 g/mol. The van der Waals surface area contributed by atoms with Crippen molar-refractivity contribution in [2.45, 2.75) is 19.0 Å². The van der Waals surface area contributed by atoms with Gasteiger partial charge in [0.2, 0.25) is 5.91 Å². The summed E-state index contributed by atoms with van der Waals surface area (Å²) >= 11 is 0. The molecule has 2 amide bonds. The molecule has 1 aliphatic rings. The van der Waals surface area contributed by atoms with Crippen LogP contribution in [0, 0.1) is 11.7 Å². The summed E-state index contributed by atoms with van der Waals surface area (Å²) in [5.74, 6) is -1.68. The Morgan fingerprint density at radius 2 is 1.57 bits per heavy atom. The highest BCUT2D eigenvalue weighted by Crippen LogP contribution is 2.30. The first-order valence-corrected chi connectivity index (χ1v) is 8.77. The summed E-state index contributed by atoms with van der Waals surface area (Å²) in [5.41, 5.74) is -0.511. The average molecular weight is 394 g/mol. The molecule has 0 atom stereocenters. The number of alkyl halides is 3. The second-order valence-corrected chi connectivity index (χ2v) is 6.61. The van der Waals surface area contributed by atoms with E-state index in [1.54, 1.807) is 6.07 Å². The van der Waals surface area contributed by atoms with E-state index in [0.29, 0.717) is 25.9 Å². The molecule has 1 aliphatic heterocycles. The zero-order valence-electron chi connectivity index (χ0n) is 14.8. The van der Waals surface area contributed by atoms with Crippen LogP contribution in [-0.4, -0.2) is 29.8 Å². The molecule has 0 saturated carbocycles. The van der Waals surface area contributed by atoms with Crippen molar-refractivity contribution in [3.8, 4) is 0 Å². The number of halogens is 4. The van der Waals surface area contributed by atoms with E-state index in [-0.39, 0.29) is 23.1 Å². The predicted octanol–water partition coefficient (Wildman–Crippen LogP) is 4.34. The van der Waals surface area contributed by atoms with E-state index in [9.17, 15) is 27.2 Å². The fraction of sp³-hybridized carbons (Fsp3) is 0.300. The zero-order valence-corrected chi connectivity index (χ0v) is 14.8. The summed E-state index contributed by atoms with van der Waals surface area (Å²) in [7, 11) is 0. The lowest BCUT2D eigenvalue weighted by molar-refractivity contribution is -0.137. The van der Waals surface area contributed by atoms with Gasteiger partial charge in [0.1, 0.15) is 5.82 Å². The second-order valence-electron chi connectivity index (χ2n) is 6.61. The molecule has 4 nitrogen and oxygen atoms in total. The molecular formula is C20H18F4N2O2. The van der Waals surface area contributed by atoms with Gasteiger partial charge in [0.15, 0.2) is 0 Å². The number of piperidine rings is 1. The van der Waals surface area contributed by atoms with E-state index in [2.05, 4.69) is 5.32 Å². The summed E-state index contributed by atoms with van der Waals surface area (Å²) in [4.78, 5) is 26.2. The number of anilines is 1. The molecule has 1 fully saturated rings. The van der Waals surface area contributed by atoms with Gasteiger partial charge in [-0.3, -0.25) is 9.59 Å². The molecule has 1 N–H and O–H groups in total. The van der Waals surface area contributed by atoms with Crippen molar-refractivity contribution >= 4 is 17.5 Å². The summed E-state index contributed by atoms with van der Waals surface area (Å²) in [6, 6.07) is 9.95. The smallest absolute Gasteiger partial charge is 0.339 e. The molecule has 8 heteroatoms. The highest BCUT2D eigenvalue weighted by atomic mass is 19.4. The topological polar surface area (TPSA) is 49.4 Å². The number of benzene rings is 2. The summed E-state index contributed by atoms with van der Waals surface area (Å²) < 4.78 is 51.5. The Morgan fingerprint density at radius 3 is 2.14 bits per heavy atom. The van der Waals surface area contributed by atoms with Crippen molar-refractivity contribution < 1.29 is 27.2 Å². The Balaban J connectivity index is 1.55. The van der Waals surface area contributed by atoms with Gasteiger partial charge in [-0.25, -0.2) is 4.39 Å². The van der Waals surface area contributed by atoms with E-state index in [0.717, 1.165) is 12.1 Å². The van der Waals surface area contributed by atoms with Crippen LogP contribution in [0.2, 0.25) is 0 Å². The SMILES string of the molecule is O=C(Nc1ccc(C(F)(F)F)cc1)C1CCN(C(=O)c2ccccc2F)CC1. The standard InChI is InChI=1S/C20H18F4N2O2/c21-17-4-2-1-3-16(17)19(28)26-11-9-13(10-12-26)18(27)25-15-7-5-14(6-8-15)20(22,23)24/h1-8,13H,9-12H2,(H,25,27). The Bertz CT molecular complexity index is 857. The van der Waals surface area contributed by atoms with Crippen molar-refractivity contribution in [1.82, 2.24) is 4.90 Å². The minimum absolute atomic E-state index is 0.00449. The van der Waals surface area contributed by atoms with Gasteiger partial charge < -0.3 is 10.2 Å². The van der Waals surface area contributed by atoms with Crippen LogP contribution in [0.15, 0.2) is 48.5 Å². The van der Waals surface area contributed by atoms with Gasteiger partial charge in [0, 0.05) is 24.7 Å². The number of carbonyl (C=O) groups is 2. The molecule has 1 heterocycles. The van der Waals surface area contributed by atoms with Crippen LogP contribution < -0.4 is 5.32 Å². The lowest BCUT2D eigenvalue weighted by atomic mass is 9.95. The Labute approximate surface area is 159 Å². The van der Waals surface area contributed by atoms with Crippen LogP contribution in [0.5, 0.6) is 0 Å². The maximum atomic E-state index is 13.8. The third-order valence-corrected chi connectivity index (χ3v) is 4.74. The number of likely N-dealkylation sites (tertiary alicyclic amines) is 1. The van der Waals surface area contributed by atoms with Crippen LogP contribution in [0.1, 0.15) is 28.8 Å². The van der Waals surface area contributed by atoms with Crippen molar-refractivity contribution in [2.24, 2.45) is 5.92 Å². The van der Waals surface area contributed by atoms with Crippen molar-refractivity contribution in [1.29, 1.82) is 0 Å². The number of amides is 2. The monoisotopic (exact) mass is 394 g/mol. The van der Waals surface area contributed by atoms with Gasteiger partial charge in [-0.15, -0.1) is 0 Å². The van der Waals surface area contributed by atoms with E-state index < -0.39 is 23.5 Å². The summed E-state index contributed by atoms with van der Waals surface area (Å²) in [6.45, 7) is 0.608. The van der Waals surface area contributed by atoms with E-state index in [1.165, 1.54) is 35.2 Å². The molecule has 0 unspecified atom stereocenters. The van der Waals surface area contributed by atoms with Gasteiger partial charge in [-0.1, -0.05) is 12.1 Å². The van der Waals surface area contributed by atoms with Gasteiger partial charge in [0.25, 0.3) is 5.91 Å². The lowest BCUT2D eigenvalue weighted by Crippen LogP contribution is -2.41. The molecule has 1 saturated heterocycles. The number of rotatable bonds is 3. The highest BCUT2D eigenvalue weighted by molar-refractivity contribution is 5.95. The summed E-state index contributed by atoms with van der Waals surface area (Å²) in [6.07, 6.45) is -3.64. The number of nitrogens with zero attached hydrogens (tertiary/aromatic N) is 1. The first-order chi connectivity index (χ1) is 13.3. The molecule has 2 aromatic rings. The van der Waals surface area contributed by atoms with E-state index in [1.807, 2.05) is 0 Å². The van der Waals surface area contributed by atoms with E-state index in [4.69, 9.17) is 0 Å². The minimum atomic E-state index is -4.43. The molecule has 0 aromatic heterocycles. The van der Waals surface area contributed by atoms with Gasteiger partial charge in [-0.2, -0.15) is 13.2 Å². The quantitative estimate of drug-likeness (QED) is 0.788. The predicted molar refractivity (Wildman–Crippen MR) is 95.1 cm³/mol. The summed E-state index contributed by atoms with van der Waals surface area (Å²) in [5, 5.41) is 2.61.